The molecule has 5 atom stereocenters. The summed E-state index contributed by atoms with van der Waals surface area (Å²) in [7, 11) is 1.80. The number of phenolic OH excluding ortho intramolecular Hbond substituents is 1. The Bertz CT molecular complexity index is 1280. The molecule has 2 bridgehead atoms. The first-order chi connectivity index (χ1) is 17.2. The van der Waals surface area contributed by atoms with E-state index in [4.69, 9.17) is 27.9 Å². The molecule has 2 saturated carbocycles. The van der Waals surface area contributed by atoms with Crippen LogP contribution in [0.1, 0.15) is 53.6 Å². The van der Waals surface area contributed by atoms with Gasteiger partial charge in [0.25, 0.3) is 5.91 Å². The molecule has 5 aliphatic rings. The lowest BCUT2D eigenvalue weighted by Gasteiger charge is -2.64. The average molecular weight is 529 g/mol. The Morgan fingerprint density at radius 1 is 1.17 bits per heavy atom. The van der Waals surface area contributed by atoms with Crippen LogP contribution in [0.2, 0.25) is 10.0 Å². The van der Waals surface area contributed by atoms with Gasteiger partial charge in [-0.15, -0.1) is 0 Å². The summed E-state index contributed by atoms with van der Waals surface area (Å²) in [6.45, 7) is 1.92. The van der Waals surface area contributed by atoms with Crippen molar-refractivity contribution < 1.29 is 19.7 Å². The number of rotatable bonds is 4. The molecule has 0 aromatic heterocycles. The number of amides is 1. The number of hydrogen-bond donors (Lipinski definition) is 2. The van der Waals surface area contributed by atoms with Crippen molar-refractivity contribution in [2.75, 3.05) is 20.1 Å². The molecule has 3 aliphatic carbocycles. The Labute approximate surface area is 220 Å². The van der Waals surface area contributed by atoms with Crippen LogP contribution in [0.25, 0.3) is 0 Å². The van der Waals surface area contributed by atoms with Crippen LogP contribution in [0.4, 0.5) is 0 Å². The van der Waals surface area contributed by atoms with Gasteiger partial charge >= 0.3 is 0 Å². The van der Waals surface area contributed by atoms with Crippen molar-refractivity contribution in [3.63, 3.8) is 0 Å². The summed E-state index contributed by atoms with van der Waals surface area (Å²) < 4.78 is 6.60. The number of halogens is 2. The summed E-state index contributed by atoms with van der Waals surface area (Å²) in [6, 6.07) is 8.39. The van der Waals surface area contributed by atoms with E-state index in [9.17, 15) is 15.0 Å². The van der Waals surface area contributed by atoms with Gasteiger partial charge in [-0.1, -0.05) is 29.3 Å². The number of aliphatic hydroxyl groups is 1. The molecule has 8 heteroatoms. The van der Waals surface area contributed by atoms with Gasteiger partial charge in [0.2, 0.25) is 0 Å². The van der Waals surface area contributed by atoms with Crippen LogP contribution in [-0.4, -0.2) is 69.8 Å². The Hall–Kier alpha value is -1.99. The molecular formula is C28H30Cl2N2O4. The van der Waals surface area contributed by atoms with Gasteiger partial charge in [0, 0.05) is 30.8 Å². The van der Waals surface area contributed by atoms with Crippen molar-refractivity contribution in [2.45, 2.75) is 67.7 Å². The van der Waals surface area contributed by atoms with Crippen molar-refractivity contribution in [1.29, 1.82) is 0 Å². The summed E-state index contributed by atoms with van der Waals surface area (Å²) in [5, 5.41) is 24.1. The maximum absolute atomic E-state index is 13.6. The fourth-order valence-electron chi connectivity index (χ4n) is 7.84. The summed E-state index contributed by atoms with van der Waals surface area (Å²) in [6.07, 6.45) is 4.80. The Balaban J connectivity index is 1.31. The number of likely N-dealkylation sites (tertiary alicyclic amines) is 1. The van der Waals surface area contributed by atoms with E-state index >= 15 is 0 Å². The molecule has 3 fully saturated rings. The van der Waals surface area contributed by atoms with Crippen LogP contribution >= 0.6 is 23.2 Å². The van der Waals surface area contributed by atoms with Crippen molar-refractivity contribution >= 4 is 29.1 Å². The summed E-state index contributed by atoms with van der Waals surface area (Å²) in [5.41, 5.74) is 0.956. The van der Waals surface area contributed by atoms with Crippen LogP contribution in [-0.2, 0) is 11.8 Å². The highest BCUT2D eigenvalue weighted by atomic mass is 35.5. The Morgan fingerprint density at radius 2 is 1.97 bits per heavy atom. The van der Waals surface area contributed by atoms with E-state index in [1.54, 1.807) is 36.2 Å². The van der Waals surface area contributed by atoms with E-state index in [0.29, 0.717) is 34.2 Å². The number of likely N-dealkylation sites (N-methyl/N-ethyl adjacent to an activating group) is 1. The highest BCUT2D eigenvalue weighted by molar-refractivity contribution is 6.42. The molecule has 1 amide bonds. The molecule has 1 spiro atoms. The van der Waals surface area contributed by atoms with E-state index in [2.05, 4.69) is 4.90 Å². The fourth-order valence-corrected chi connectivity index (χ4v) is 8.13. The maximum Gasteiger partial charge on any atom is 0.254 e. The zero-order valence-corrected chi connectivity index (χ0v) is 21.7. The number of carbonyl (C=O) groups is 1. The highest BCUT2D eigenvalue weighted by Crippen LogP contribution is 2.66. The van der Waals surface area contributed by atoms with E-state index in [1.807, 2.05) is 6.07 Å². The molecule has 190 valence electrons. The van der Waals surface area contributed by atoms with Gasteiger partial charge < -0.3 is 19.8 Å². The molecule has 2 N–H and O–H groups in total. The molecule has 2 heterocycles. The van der Waals surface area contributed by atoms with Gasteiger partial charge in [-0.2, -0.15) is 0 Å². The minimum atomic E-state index is -0.971. The van der Waals surface area contributed by atoms with Gasteiger partial charge in [-0.25, -0.2) is 0 Å². The van der Waals surface area contributed by atoms with Crippen LogP contribution in [0.3, 0.4) is 0 Å². The molecule has 2 aliphatic heterocycles. The Morgan fingerprint density at radius 3 is 2.72 bits per heavy atom. The van der Waals surface area contributed by atoms with Crippen molar-refractivity contribution in [3.8, 4) is 11.5 Å². The number of nitrogens with zero attached hydrogens (tertiary/aromatic N) is 2. The Kier molecular flexibility index (Phi) is 4.99. The second-order valence-corrected chi connectivity index (χ2v) is 12.3. The second-order valence-electron chi connectivity index (χ2n) is 11.4. The number of phenols is 1. The summed E-state index contributed by atoms with van der Waals surface area (Å²) in [4.78, 5) is 17.8. The van der Waals surface area contributed by atoms with Crippen LogP contribution in [0, 0.1) is 5.92 Å². The van der Waals surface area contributed by atoms with Crippen LogP contribution < -0.4 is 4.74 Å². The maximum atomic E-state index is 13.6. The first-order valence-corrected chi connectivity index (χ1v) is 13.7. The smallest absolute Gasteiger partial charge is 0.254 e. The molecule has 6 nitrogen and oxygen atoms in total. The first kappa shape index (κ1) is 23.2. The zero-order valence-electron chi connectivity index (χ0n) is 20.2. The van der Waals surface area contributed by atoms with E-state index in [1.165, 1.54) is 12.8 Å². The topological polar surface area (TPSA) is 73.2 Å². The molecule has 7 rings (SSSR count). The van der Waals surface area contributed by atoms with Gasteiger partial charge in [0.15, 0.2) is 11.5 Å². The number of piperidine rings is 1. The second kappa shape index (κ2) is 7.76. The molecule has 2 aromatic carbocycles. The monoisotopic (exact) mass is 528 g/mol. The molecule has 1 saturated heterocycles. The van der Waals surface area contributed by atoms with Gasteiger partial charge in [-0.05, 0) is 80.8 Å². The van der Waals surface area contributed by atoms with E-state index < -0.39 is 17.1 Å². The number of benzene rings is 2. The van der Waals surface area contributed by atoms with Gasteiger partial charge in [-0.3, -0.25) is 9.69 Å². The lowest BCUT2D eigenvalue weighted by molar-refractivity contribution is -0.197. The van der Waals surface area contributed by atoms with E-state index in [0.717, 1.165) is 43.0 Å². The number of carbonyl (C=O) groups excluding carboxylic acids is 1. The zero-order chi connectivity index (χ0) is 25.0. The lowest BCUT2D eigenvalue weighted by Crippen LogP contribution is -2.78. The normalized spacial score (nSPS) is 34.2. The highest BCUT2D eigenvalue weighted by Gasteiger charge is 2.73. The molecular weight excluding hydrogens is 499 g/mol. The van der Waals surface area contributed by atoms with Crippen molar-refractivity contribution in [2.24, 2.45) is 5.92 Å². The first-order valence-electron chi connectivity index (χ1n) is 13.0. The minimum absolute atomic E-state index is 0.0120. The predicted octanol–water partition coefficient (Wildman–Crippen LogP) is 4.40. The van der Waals surface area contributed by atoms with Gasteiger partial charge in [0.1, 0.15) is 6.10 Å². The molecule has 36 heavy (non-hydrogen) atoms. The van der Waals surface area contributed by atoms with E-state index in [-0.39, 0.29) is 23.7 Å². The fraction of sp³-hybridized carbons (Fsp3) is 0.536. The minimum Gasteiger partial charge on any atom is -0.504 e. The summed E-state index contributed by atoms with van der Waals surface area (Å²) in [5.74, 6) is 1.17. The standard InChI is InChI=1S/C28H30Cl2N2O4/c1-31(26(34)17-4-6-18(29)19(30)12-17)20-8-9-28(35)22-13-16-5-7-21(33)24-23(16)27(28,25(20)36-24)10-11-32(22)14-15-2-3-15/h4-7,12,15,20,22,25,33,35H,2-3,8-11,13-14H2,1H3/t20-,22-,25+,27+,28-/m1/s1. The number of aromatic hydroxyl groups is 1. The largest absolute Gasteiger partial charge is 0.504 e. The van der Waals surface area contributed by atoms with Crippen LogP contribution in [0.5, 0.6) is 11.5 Å². The summed E-state index contributed by atoms with van der Waals surface area (Å²) >= 11 is 12.3. The lowest BCUT2D eigenvalue weighted by atomic mass is 9.48. The third-order valence-corrected chi connectivity index (χ3v) is 10.5. The number of hydrogen-bond acceptors (Lipinski definition) is 5. The molecule has 0 unspecified atom stereocenters. The third kappa shape index (κ3) is 2.96. The average Bonchev–Trinajstić information content (AvgIpc) is 3.60. The van der Waals surface area contributed by atoms with Crippen molar-refractivity contribution in [3.05, 3.63) is 57.1 Å². The quantitative estimate of drug-likeness (QED) is 0.615. The van der Waals surface area contributed by atoms with Crippen molar-refractivity contribution in [1.82, 2.24) is 9.80 Å². The SMILES string of the molecule is CN(C(=O)c1ccc(Cl)c(Cl)c1)[C@@H]1CC[C@@]2(O)[C@H]3Cc4ccc(O)c5c4[C@@]2(CCN3CC2CC2)[C@H]1O5. The number of ether oxygens (including phenoxy) is 1. The predicted molar refractivity (Wildman–Crippen MR) is 137 cm³/mol. The molecule has 2 aromatic rings. The van der Waals surface area contributed by atoms with Crippen LogP contribution in [0.15, 0.2) is 30.3 Å². The van der Waals surface area contributed by atoms with Gasteiger partial charge in [0.05, 0.1) is 27.1 Å². The molecule has 0 radical (unpaired) electrons. The third-order valence-electron chi connectivity index (χ3n) is 9.72.